The van der Waals surface area contributed by atoms with Gasteiger partial charge in [0, 0.05) is 0 Å². The molecule has 4 heteroatoms. The van der Waals surface area contributed by atoms with Crippen LogP contribution < -0.4 is 0 Å². The Bertz CT molecular complexity index is 1480. The van der Waals surface area contributed by atoms with Gasteiger partial charge in [0.25, 0.3) is 0 Å². The fourth-order valence-corrected chi connectivity index (χ4v) is 25.1. The molecule has 3 aromatic carbocycles. The maximum absolute atomic E-state index is 3.41. The molecule has 0 nitrogen and oxygen atoms in total. The van der Waals surface area contributed by atoms with Gasteiger partial charge in [0.2, 0.25) is 0 Å². The number of benzene rings is 3. The smallest absolute Gasteiger partial charge is 0.147 e. The summed E-state index contributed by atoms with van der Waals surface area (Å²) in [5.74, 6) is 0.556. The summed E-state index contributed by atoms with van der Waals surface area (Å²) in [5, 5.41) is 0. The first kappa shape index (κ1) is 31.3. The third-order valence-electron chi connectivity index (χ3n) is 8.88. The molecule has 0 saturated heterocycles. The maximum Gasteiger partial charge on any atom is -0.147 e. The van der Waals surface area contributed by atoms with Crippen LogP contribution in [-0.4, -0.2) is 6.88 Å². The summed E-state index contributed by atoms with van der Waals surface area (Å²) >= 11 is -3.41. The normalized spacial score (nSPS) is 18.7. The zero-order valence-corrected chi connectivity index (χ0v) is 29.8. The van der Waals surface area contributed by atoms with Crippen LogP contribution >= 0.6 is 24.8 Å². The van der Waals surface area contributed by atoms with Crippen LogP contribution in [0.25, 0.3) is 22.8 Å². The van der Waals surface area contributed by atoms with Gasteiger partial charge in [-0.1, -0.05) is 0 Å². The topological polar surface area (TPSA) is 0 Å². The van der Waals surface area contributed by atoms with E-state index in [2.05, 4.69) is 137 Å². The third-order valence-corrected chi connectivity index (χ3v) is 26.6. The molecular weight excluding hydrogens is 599 g/mol. The number of halogens is 2. The number of rotatable bonds is 4. The predicted octanol–water partition coefficient (Wildman–Crippen LogP) is 10.1. The van der Waals surface area contributed by atoms with E-state index in [1.165, 1.54) is 27.8 Å². The Labute approximate surface area is 245 Å². The van der Waals surface area contributed by atoms with E-state index in [0.717, 1.165) is 0 Å². The van der Waals surface area contributed by atoms with Crippen LogP contribution in [0.2, 0.25) is 9.26 Å². The molecule has 0 heterocycles. The second-order valence-electron chi connectivity index (χ2n) is 13.7. The minimum Gasteiger partial charge on any atom is -0.147 e. The molecule has 202 valence electrons. The molecule has 0 aliphatic heterocycles. The molecule has 0 amide bonds. The Morgan fingerprint density at radius 3 is 1.97 bits per heavy atom. The fourth-order valence-electron chi connectivity index (χ4n) is 7.07. The summed E-state index contributed by atoms with van der Waals surface area (Å²) in [6.07, 6.45) is 5.21. The molecule has 38 heavy (non-hydrogen) atoms. The second-order valence-corrected chi connectivity index (χ2v) is 44.3. The summed E-state index contributed by atoms with van der Waals surface area (Å²) in [6.45, 7) is 16.4. The number of hydrogen-bond acceptors (Lipinski definition) is 0. The molecule has 0 bridgehead atoms. The van der Waals surface area contributed by atoms with Crippen LogP contribution in [0.4, 0.5) is 0 Å². The molecule has 0 aromatic heterocycles. The summed E-state index contributed by atoms with van der Waals surface area (Å²) in [5.41, 5.74) is 13.5. The van der Waals surface area contributed by atoms with Crippen LogP contribution in [0, 0.1) is 5.92 Å². The summed E-state index contributed by atoms with van der Waals surface area (Å²) in [6, 6.07) is 25.6. The van der Waals surface area contributed by atoms with Crippen LogP contribution in [0.1, 0.15) is 76.6 Å². The molecule has 2 unspecified atom stereocenters. The van der Waals surface area contributed by atoms with Crippen LogP contribution in [-0.2, 0) is 22.8 Å². The van der Waals surface area contributed by atoms with Gasteiger partial charge in [-0.2, -0.15) is 0 Å². The molecule has 2 aliphatic carbocycles. The summed E-state index contributed by atoms with van der Waals surface area (Å²) < 4.78 is 6.59. The van der Waals surface area contributed by atoms with E-state index < -0.39 is 17.4 Å². The Kier molecular flexibility index (Phi) is 8.80. The summed E-state index contributed by atoms with van der Waals surface area (Å²) in [7, 11) is 0. The molecule has 0 radical (unpaired) electrons. The molecule has 5 rings (SSSR count). The molecule has 0 N–H and O–H groups in total. The van der Waals surface area contributed by atoms with Crippen molar-refractivity contribution in [3.05, 3.63) is 106 Å². The molecule has 0 spiro atoms. The van der Waals surface area contributed by atoms with E-state index in [1.54, 1.807) is 22.3 Å². The Balaban J connectivity index is 0.00000200. The molecule has 2 aliphatic rings. The van der Waals surface area contributed by atoms with Crippen molar-refractivity contribution in [1.82, 2.24) is 0 Å². The zero-order chi connectivity index (χ0) is 26.1. The van der Waals surface area contributed by atoms with E-state index in [0.29, 0.717) is 13.2 Å². The molecular formula is C34H44Cl2SiZr. The van der Waals surface area contributed by atoms with Crippen molar-refractivity contribution < 1.29 is 17.4 Å². The van der Waals surface area contributed by atoms with Gasteiger partial charge in [-0.25, -0.2) is 0 Å². The van der Waals surface area contributed by atoms with Crippen molar-refractivity contribution in [3.8, 4) is 11.1 Å². The van der Waals surface area contributed by atoms with Crippen molar-refractivity contribution in [2.45, 2.75) is 63.5 Å². The van der Waals surface area contributed by atoms with Gasteiger partial charge in [-0.05, 0) is 0 Å². The third kappa shape index (κ3) is 5.16. The van der Waals surface area contributed by atoms with Crippen molar-refractivity contribution in [2.24, 2.45) is 5.92 Å². The van der Waals surface area contributed by atoms with Gasteiger partial charge in [-0.3, -0.25) is 0 Å². The SMILES string of the molecule is CC1=Cc2c(-c3ccc(C(C)(C)C)cc3)cccc2[CH]1[Zr]([CH3])([CH3])(=[SiH2])[CH]1C=C(C(C)C)c2ccccc21.Cl.Cl. The van der Waals surface area contributed by atoms with E-state index in [9.17, 15) is 0 Å². The Hall–Kier alpha value is -1.18. The minimum absolute atomic E-state index is 0. The van der Waals surface area contributed by atoms with Gasteiger partial charge in [0.15, 0.2) is 0 Å². The first-order valence-electron chi connectivity index (χ1n) is 13.6. The quantitative estimate of drug-likeness (QED) is 0.249. The van der Waals surface area contributed by atoms with Crippen molar-refractivity contribution in [3.63, 3.8) is 0 Å². The van der Waals surface area contributed by atoms with Crippen molar-refractivity contribution in [1.29, 1.82) is 0 Å². The average Bonchev–Trinajstić information content (AvgIpc) is 3.37. The van der Waals surface area contributed by atoms with E-state index >= 15 is 0 Å². The van der Waals surface area contributed by atoms with Gasteiger partial charge in [0.05, 0.1) is 0 Å². The van der Waals surface area contributed by atoms with Crippen LogP contribution in [0.15, 0.2) is 78.4 Å². The maximum atomic E-state index is 2.73. The largest absolute Gasteiger partial charge is 0.147 e. The Morgan fingerprint density at radius 2 is 1.37 bits per heavy atom. The first-order chi connectivity index (χ1) is 16.8. The van der Waals surface area contributed by atoms with E-state index in [-0.39, 0.29) is 30.2 Å². The van der Waals surface area contributed by atoms with Crippen molar-refractivity contribution in [2.75, 3.05) is 0 Å². The van der Waals surface area contributed by atoms with Crippen molar-refractivity contribution >= 4 is 43.3 Å². The molecule has 3 aromatic rings. The van der Waals surface area contributed by atoms with Gasteiger partial charge < -0.3 is 0 Å². The van der Waals surface area contributed by atoms with Crippen LogP contribution in [0.3, 0.4) is 0 Å². The standard InChI is InChI=1S/C20H21.C12H13.2CH3.2ClH.H2Si.Zr/c1-14-12-16-6-5-7-18(19(16)13-14)15-8-10-17(11-9-15)20(2,3)4;1-9(2)11-8-7-10-5-3-4-6-12(10)11;;;;;;/h5-13H,1-4H3;3-9H,1-2H3;2*1H3;2*1H;1H2;. The minimum atomic E-state index is -3.41. The number of fused-ring (bicyclic) bond motifs is 2. The van der Waals surface area contributed by atoms with E-state index in [4.69, 9.17) is 0 Å². The molecule has 0 saturated carbocycles. The zero-order valence-electron chi connectivity index (χ0n) is 24.3. The number of hydrogen-bond donors (Lipinski definition) is 0. The van der Waals surface area contributed by atoms with Gasteiger partial charge in [-0.15, -0.1) is 24.8 Å². The van der Waals surface area contributed by atoms with Gasteiger partial charge >= 0.3 is 223 Å². The van der Waals surface area contributed by atoms with Crippen LogP contribution in [0.5, 0.6) is 0 Å². The monoisotopic (exact) mass is 640 g/mol. The molecule has 0 fully saturated rings. The summed E-state index contributed by atoms with van der Waals surface area (Å²) in [4.78, 5) is 0. The predicted molar refractivity (Wildman–Crippen MR) is 174 cm³/mol. The average molecular weight is 643 g/mol. The first-order valence-corrected chi connectivity index (χ1v) is 27.3. The fraction of sp³-hybridized carbons (Fsp3) is 0.353. The number of allylic oxidation sites excluding steroid dienone is 3. The van der Waals surface area contributed by atoms with Gasteiger partial charge in [0.1, 0.15) is 0 Å². The second kappa shape index (κ2) is 10.7. The molecule has 2 atom stereocenters. The Morgan fingerprint density at radius 1 is 0.789 bits per heavy atom. The van der Waals surface area contributed by atoms with E-state index in [1.807, 2.05) is 0 Å².